The first kappa shape index (κ1) is 18.4. The molecule has 0 atom stereocenters. The molecule has 0 unspecified atom stereocenters. The summed E-state index contributed by atoms with van der Waals surface area (Å²) in [5, 5.41) is 3.56. The number of nitrogens with zero attached hydrogens (tertiary/aromatic N) is 4. The third-order valence-corrected chi connectivity index (χ3v) is 4.33. The molecule has 2 heterocycles. The van der Waals surface area contributed by atoms with E-state index >= 15 is 0 Å². The predicted octanol–water partition coefficient (Wildman–Crippen LogP) is 1.45. The van der Waals surface area contributed by atoms with Crippen LogP contribution in [0.4, 0.5) is 5.95 Å². The Labute approximate surface area is 157 Å². The second-order valence-electron chi connectivity index (χ2n) is 5.96. The lowest BCUT2D eigenvalue weighted by atomic mass is 10.3. The second kappa shape index (κ2) is 9.35. The van der Waals surface area contributed by atoms with E-state index in [0.29, 0.717) is 24.7 Å². The van der Waals surface area contributed by atoms with Gasteiger partial charge in [0.15, 0.2) is 0 Å². The van der Waals surface area contributed by atoms with Crippen LogP contribution in [0, 0.1) is 0 Å². The molecule has 138 valence electrons. The van der Waals surface area contributed by atoms with Crippen molar-refractivity contribution in [1.82, 2.24) is 20.2 Å². The molecule has 1 aromatic heterocycles. The zero-order chi connectivity index (χ0) is 18.2. The van der Waals surface area contributed by atoms with Gasteiger partial charge in [-0.15, -0.1) is 0 Å². The van der Waals surface area contributed by atoms with Crippen molar-refractivity contribution in [2.45, 2.75) is 0 Å². The molecule has 7 nitrogen and oxygen atoms in total. The van der Waals surface area contributed by atoms with Crippen LogP contribution in [0.2, 0.25) is 5.02 Å². The van der Waals surface area contributed by atoms with Crippen molar-refractivity contribution in [2.24, 2.45) is 0 Å². The van der Waals surface area contributed by atoms with Crippen LogP contribution in [0.3, 0.4) is 0 Å². The number of anilines is 1. The Hall–Kier alpha value is -2.38. The Morgan fingerprint density at radius 1 is 1.12 bits per heavy atom. The van der Waals surface area contributed by atoms with Crippen LogP contribution in [0.25, 0.3) is 0 Å². The molecular weight excluding hydrogens is 354 g/mol. The molecule has 1 saturated heterocycles. The first-order valence-corrected chi connectivity index (χ1v) is 8.98. The molecule has 0 aliphatic carbocycles. The molecule has 0 spiro atoms. The standard InChI is InChI=1S/C18H22ClN5O2/c19-15-2-4-16(5-3-15)26-13-8-20-17(25)14-23-9-11-24(12-10-23)18-21-6-1-7-22-18/h1-7H,8-14H2,(H,20,25). The molecule has 1 amide bonds. The topological polar surface area (TPSA) is 70.6 Å². The van der Waals surface area contributed by atoms with Gasteiger partial charge in [0, 0.05) is 43.6 Å². The molecule has 26 heavy (non-hydrogen) atoms. The average molecular weight is 376 g/mol. The van der Waals surface area contributed by atoms with Gasteiger partial charge in [0.1, 0.15) is 12.4 Å². The summed E-state index contributed by atoms with van der Waals surface area (Å²) >= 11 is 5.82. The van der Waals surface area contributed by atoms with Crippen molar-refractivity contribution in [3.63, 3.8) is 0 Å². The average Bonchev–Trinajstić information content (AvgIpc) is 2.68. The number of carbonyl (C=O) groups excluding carboxylic acids is 1. The van der Waals surface area contributed by atoms with E-state index in [2.05, 4.69) is 25.1 Å². The summed E-state index contributed by atoms with van der Waals surface area (Å²) in [5.74, 6) is 1.49. The first-order chi connectivity index (χ1) is 12.7. The van der Waals surface area contributed by atoms with E-state index in [1.165, 1.54) is 0 Å². The number of rotatable bonds is 7. The van der Waals surface area contributed by atoms with E-state index < -0.39 is 0 Å². The molecule has 1 aliphatic rings. The van der Waals surface area contributed by atoms with E-state index in [0.717, 1.165) is 37.9 Å². The van der Waals surface area contributed by atoms with Gasteiger partial charge in [-0.2, -0.15) is 0 Å². The van der Waals surface area contributed by atoms with Crippen molar-refractivity contribution in [2.75, 3.05) is 50.8 Å². The SMILES string of the molecule is O=C(CN1CCN(c2ncccn2)CC1)NCCOc1ccc(Cl)cc1. The summed E-state index contributed by atoms with van der Waals surface area (Å²) in [6.07, 6.45) is 3.49. The molecule has 1 N–H and O–H groups in total. The summed E-state index contributed by atoms with van der Waals surface area (Å²) < 4.78 is 5.56. The molecule has 3 rings (SSSR count). The van der Waals surface area contributed by atoms with Gasteiger partial charge in [-0.05, 0) is 30.3 Å². The molecule has 0 saturated carbocycles. The number of hydrogen-bond donors (Lipinski definition) is 1. The number of amides is 1. The lowest BCUT2D eigenvalue weighted by Gasteiger charge is -2.34. The summed E-state index contributed by atoms with van der Waals surface area (Å²) in [6.45, 7) is 4.55. The highest BCUT2D eigenvalue weighted by molar-refractivity contribution is 6.30. The van der Waals surface area contributed by atoms with Crippen LogP contribution in [-0.2, 0) is 4.79 Å². The quantitative estimate of drug-likeness (QED) is 0.738. The lowest BCUT2D eigenvalue weighted by Crippen LogP contribution is -2.50. The molecular formula is C18H22ClN5O2. The Bertz CT molecular complexity index is 690. The highest BCUT2D eigenvalue weighted by Crippen LogP contribution is 2.15. The molecule has 1 aromatic carbocycles. The third-order valence-electron chi connectivity index (χ3n) is 4.08. The monoisotopic (exact) mass is 375 g/mol. The van der Waals surface area contributed by atoms with Gasteiger partial charge in [0.05, 0.1) is 13.1 Å². The highest BCUT2D eigenvalue weighted by Gasteiger charge is 2.20. The molecule has 1 aliphatic heterocycles. The minimum atomic E-state index is 0.00844. The number of hydrogen-bond acceptors (Lipinski definition) is 6. The Balaban J connectivity index is 1.31. The second-order valence-corrected chi connectivity index (χ2v) is 6.40. The fourth-order valence-corrected chi connectivity index (χ4v) is 2.84. The molecule has 1 fully saturated rings. The van der Waals surface area contributed by atoms with E-state index in [1.54, 1.807) is 42.7 Å². The highest BCUT2D eigenvalue weighted by atomic mass is 35.5. The number of ether oxygens (including phenoxy) is 1. The summed E-state index contributed by atoms with van der Waals surface area (Å²) in [6, 6.07) is 8.96. The molecule has 8 heteroatoms. The molecule has 0 radical (unpaired) electrons. The number of nitrogens with one attached hydrogen (secondary N) is 1. The molecule has 2 aromatic rings. The Morgan fingerprint density at radius 2 is 1.81 bits per heavy atom. The fraction of sp³-hybridized carbons (Fsp3) is 0.389. The van der Waals surface area contributed by atoms with Gasteiger partial charge in [0.25, 0.3) is 0 Å². The normalized spacial score (nSPS) is 14.9. The van der Waals surface area contributed by atoms with Crippen LogP contribution in [0.1, 0.15) is 0 Å². The Morgan fingerprint density at radius 3 is 2.50 bits per heavy atom. The lowest BCUT2D eigenvalue weighted by molar-refractivity contribution is -0.122. The van der Waals surface area contributed by atoms with Gasteiger partial charge in [-0.25, -0.2) is 9.97 Å². The zero-order valence-corrected chi connectivity index (χ0v) is 15.2. The van der Waals surface area contributed by atoms with Crippen LogP contribution in [0.5, 0.6) is 5.75 Å². The summed E-state index contributed by atoms with van der Waals surface area (Å²) in [5.41, 5.74) is 0. The van der Waals surface area contributed by atoms with Crippen molar-refractivity contribution in [1.29, 1.82) is 0 Å². The smallest absolute Gasteiger partial charge is 0.234 e. The van der Waals surface area contributed by atoms with E-state index in [9.17, 15) is 4.79 Å². The predicted molar refractivity (Wildman–Crippen MR) is 101 cm³/mol. The van der Waals surface area contributed by atoms with Crippen molar-refractivity contribution < 1.29 is 9.53 Å². The number of aromatic nitrogens is 2. The van der Waals surface area contributed by atoms with Crippen LogP contribution in [-0.4, -0.2) is 66.7 Å². The fourth-order valence-electron chi connectivity index (χ4n) is 2.71. The summed E-state index contributed by atoms with van der Waals surface area (Å²) in [4.78, 5) is 24.8. The largest absolute Gasteiger partial charge is 0.492 e. The van der Waals surface area contributed by atoms with E-state index in [1.807, 2.05) is 0 Å². The maximum atomic E-state index is 12.1. The first-order valence-electron chi connectivity index (χ1n) is 8.60. The Kier molecular flexibility index (Phi) is 6.62. The van der Waals surface area contributed by atoms with Crippen LogP contribution in [0.15, 0.2) is 42.7 Å². The van der Waals surface area contributed by atoms with Crippen LogP contribution < -0.4 is 15.0 Å². The maximum Gasteiger partial charge on any atom is 0.234 e. The van der Waals surface area contributed by atoms with Gasteiger partial charge in [-0.3, -0.25) is 9.69 Å². The van der Waals surface area contributed by atoms with Gasteiger partial charge < -0.3 is 15.0 Å². The van der Waals surface area contributed by atoms with E-state index in [4.69, 9.17) is 16.3 Å². The third kappa shape index (κ3) is 5.57. The van der Waals surface area contributed by atoms with Crippen molar-refractivity contribution in [3.8, 4) is 5.75 Å². The van der Waals surface area contributed by atoms with Crippen molar-refractivity contribution >= 4 is 23.5 Å². The zero-order valence-electron chi connectivity index (χ0n) is 14.5. The minimum Gasteiger partial charge on any atom is -0.492 e. The number of piperazine rings is 1. The summed E-state index contributed by atoms with van der Waals surface area (Å²) in [7, 11) is 0. The van der Waals surface area contributed by atoms with Gasteiger partial charge in [0.2, 0.25) is 11.9 Å². The van der Waals surface area contributed by atoms with Crippen LogP contribution >= 0.6 is 11.6 Å². The number of halogens is 1. The van der Waals surface area contributed by atoms with E-state index in [-0.39, 0.29) is 5.91 Å². The van der Waals surface area contributed by atoms with Crippen molar-refractivity contribution in [3.05, 3.63) is 47.7 Å². The van der Waals surface area contributed by atoms with Gasteiger partial charge in [-0.1, -0.05) is 11.6 Å². The van der Waals surface area contributed by atoms with Gasteiger partial charge >= 0.3 is 0 Å². The number of carbonyl (C=O) groups is 1. The number of benzene rings is 1. The maximum absolute atomic E-state index is 12.1. The molecule has 0 bridgehead atoms. The minimum absolute atomic E-state index is 0.00844.